The zero-order valence-corrected chi connectivity index (χ0v) is 7.88. The molecule has 0 fully saturated rings. The van der Waals surface area contributed by atoms with E-state index in [-0.39, 0.29) is 24.9 Å². The molecule has 0 radical (unpaired) electrons. The number of hydrogen-bond acceptors (Lipinski definition) is 3. The Morgan fingerprint density at radius 2 is 2.38 bits per heavy atom. The minimum Gasteiger partial charge on any atom is -0.369 e. The van der Waals surface area contributed by atoms with Crippen molar-refractivity contribution in [2.75, 3.05) is 6.54 Å². The molecule has 0 atom stereocenters. The van der Waals surface area contributed by atoms with Crippen LogP contribution in [0.2, 0.25) is 0 Å². The van der Waals surface area contributed by atoms with Crippen LogP contribution in [-0.2, 0) is 11.3 Å². The fourth-order valence-corrected chi connectivity index (χ4v) is 0.833. The highest BCUT2D eigenvalue weighted by atomic mass is 35.5. The van der Waals surface area contributed by atoms with Crippen LogP contribution in [0.15, 0.2) is 24.5 Å². The van der Waals surface area contributed by atoms with Crippen LogP contribution in [0.3, 0.4) is 0 Å². The van der Waals surface area contributed by atoms with Crippen LogP contribution < -0.4 is 11.1 Å². The van der Waals surface area contributed by atoms with Crippen molar-refractivity contribution < 1.29 is 4.79 Å². The normalized spacial score (nSPS) is 8.92. The highest BCUT2D eigenvalue weighted by Gasteiger charge is 1.93. The average Bonchev–Trinajstić information content (AvgIpc) is 2.05. The van der Waals surface area contributed by atoms with Gasteiger partial charge in [-0.15, -0.1) is 12.4 Å². The molecule has 0 aromatic carbocycles. The van der Waals surface area contributed by atoms with Gasteiger partial charge < -0.3 is 11.1 Å². The number of carbonyl (C=O) groups is 1. The number of nitrogens with two attached hydrogens (primary N) is 1. The van der Waals surface area contributed by atoms with Crippen molar-refractivity contribution in [3.8, 4) is 0 Å². The molecule has 1 aromatic heterocycles. The molecule has 0 spiro atoms. The Bertz CT molecular complexity index is 253. The molecule has 0 saturated carbocycles. The molecule has 0 bridgehead atoms. The summed E-state index contributed by atoms with van der Waals surface area (Å²) in [4.78, 5) is 14.3. The highest BCUT2D eigenvalue weighted by Crippen LogP contribution is 1.93. The maximum absolute atomic E-state index is 10.3. The van der Waals surface area contributed by atoms with Gasteiger partial charge in [-0.2, -0.15) is 0 Å². The van der Waals surface area contributed by atoms with E-state index in [9.17, 15) is 4.79 Å². The molecule has 1 heterocycles. The third kappa shape index (κ3) is 5.16. The van der Waals surface area contributed by atoms with Gasteiger partial charge in [-0.25, -0.2) is 0 Å². The van der Waals surface area contributed by atoms with E-state index in [1.165, 1.54) is 0 Å². The van der Waals surface area contributed by atoms with Gasteiger partial charge in [-0.3, -0.25) is 9.78 Å². The zero-order valence-electron chi connectivity index (χ0n) is 7.06. The minimum absolute atomic E-state index is 0. The SMILES string of the molecule is Cl.NC(=O)CNCc1cccnc1. The van der Waals surface area contributed by atoms with E-state index in [0.717, 1.165) is 5.56 Å². The largest absolute Gasteiger partial charge is 0.369 e. The molecule has 4 nitrogen and oxygen atoms in total. The quantitative estimate of drug-likeness (QED) is 0.725. The van der Waals surface area contributed by atoms with Crippen LogP contribution in [0.1, 0.15) is 5.56 Å². The Balaban J connectivity index is 0.00000144. The third-order valence-corrected chi connectivity index (χ3v) is 1.35. The second kappa shape index (κ2) is 6.39. The summed E-state index contributed by atoms with van der Waals surface area (Å²) in [6.07, 6.45) is 3.45. The average molecular weight is 202 g/mol. The van der Waals surface area contributed by atoms with E-state index < -0.39 is 0 Å². The van der Waals surface area contributed by atoms with Crippen molar-refractivity contribution in [2.24, 2.45) is 5.73 Å². The van der Waals surface area contributed by atoms with Crippen LogP contribution >= 0.6 is 12.4 Å². The summed E-state index contributed by atoms with van der Waals surface area (Å²) in [7, 11) is 0. The van der Waals surface area contributed by atoms with Gasteiger partial charge in [0.2, 0.25) is 5.91 Å². The van der Waals surface area contributed by atoms with Gasteiger partial charge in [-0.1, -0.05) is 6.07 Å². The molecule has 0 aliphatic heterocycles. The number of halogens is 1. The van der Waals surface area contributed by atoms with E-state index in [1.54, 1.807) is 12.4 Å². The van der Waals surface area contributed by atoms with E-state index in [4.69, 9.17) is 5.73 Å². The number of amides is 1. The number of carbonyl (C=O) groups excluding carboxylic acids is 1. The van der Waals surface area contributed by atoms with Crippen LogP contribution in [-0.4, -0.2) is 17.4 Å². The molecule has 72 valence electrons. The summed E-state index contributed by atoms with van der Waals surface area (Å²) in [5, 5.41) is 2.89. The smallest absolute Gasteiger partial charge is 0.231 e. The molecule has 1 aromatic rings. The number of rotatable bonds is 4. The van der Waals surface area contributed by atoms with Gasteiger partial charge in [0.15, 0.2) is 0 Å². The molecule has 3 N–H and O–H groups in total. The summed E-state index contributed by atoms with van der Waals surface area (Å²) in [5.41, 5.74) is 5.98. The molecular formula is C8H12ClN3O. The van der Waals surface area contributed by atoms with E-state index in [0.29, 0.717) is 6.54 Å². The summed E-state index contributed by atoms with van der Waals surface area (Å²) in [6.45, 7) is 0.825. The second-order valence-corrected chi connectivity index (χ2v) is 2.43. The standard InChI is InChI=1S/C8H11N3O.ClH/c9-8(12)6-11-5-7-2-1-3-10-4-7;/h1-4,11H,5-6H2,(H2,9,12);1H. The maximum atomic E-state index is 10.3. The Labute approximate surface area is 83.0 Å². The topological polar surface area (TPSA) is 68.0 Å². The summed E-state index contributed by atoms with van der Waals surface area (Å²) >= 11 is 0. The predicted octanol–water partition coefficient (Wildman–Crippen LogP) is 0.0783. The van der Waals surface area contributed by atoms with E-state index in [2.05, 4.69) is 10.3 Å². The van der Waals surface area contributed by atoms with Crippen molar-refractivity contribution >= 4 is 18.3 Å². The molecule has 0 unspecified atom stereocenters. The number of nitrogens with one attached hydrogen (secondary N) is 1. The lowest BCUT2D eigenvalue weighted by molar-refractivity contribution is -0.117. The van der Waals surface area contributed by atoms with E-state index in [1.807, 2.05) is 12.1 Å². The summed E-state index contributed by atoms with van der Waals surface area (Å²) in [5.74, 6) is -0.348. The molecule has 0 saturated heterocycles. The monoisotopic (exact) mass is 201 g/mol. The van der Waals surface area contributed by atoms with Crippen LogP contribution in [0.5, 0.6) is 0 Å². The van der Waals surface area contributed by atoms with Crippen molar-refractivity contribution in [1.82, 2.24) is 10.3 Å². The Morgan fingerprint density at radius 1 is 1.62 bits per heavy atom. The third-order valence-electron chi connectivity index (χ3n) is 1.35. The first-order valence-corrected chi connectivity index (χ1v) is 3.67. The van der Waals surface area contributed by atoms with Gasteiger partial charge >= 0.3 is 0 Å². The Morgan fingerprint density at radius 3 is 2.92 bits per heavy atom. The fourth-order valence-electron chi connectivity index (χ4n) is 0.833. The molecule has 0 aliphatic rings. The fraction of sp³-hybridized carbons (Fsp3) is 0.250. The van der Waals surface area contributed by atoms with Crippen molar-refractivity contribution in [3.05, 3.63) is 30.1 Å². The first kappa shape index (κ1) is 11.9. The van der Waals surface area contributed by atoms with Crippen LogP contribution in [0.25, 0.3) is 0 Å². The number of aromatic nitrogens is 1. The first-order valence-electron chi connectivity index (χ1n) is 3.67. The van der Waals surface area contributed by atoms with Crippen molar-refractivity contribution in [1.29, 1.82) is 0 Å². The van der Waals surface area contributed by atoms with Crippen molar-refractivity contribution in [2.45, 2.75) is 6.54 Å². The van der Waals surface area contributed by atoms with Gasteiger partial charge in [0.05, 0.1) is 6.54 Å². The number of primary amides is 1. The lowest BCUT2D eigenvalue weighted by Gasteiger charge is -2.00. The maximum Gasteiger partial charge on any atom is 0.231 e. The molecule has 5 heteroatoms. The minimum atomic E-state index is -0.348. The predicted molar refractivity (Wildman–Crippen MR) is 52.4 cm³/mol. The zero-order chi connectivity index (χ0) is 8.81. The summed E-state index contributed by atoms with van der Waals surface area (Å²) < 4.78 is 0. The summed E-state index contributed by atoms with van der Waals surface area (Å²) in [6, 6.07) is 3.78. The Kier molecular flexibility index (Phi) is 5.84. The van der Waals surface area contributed by atoms with Gasteiger partial charge in [0.25, 0.3) is 0 Å². The highest BCUT2D eigenvalue weighted by molar-refractivity contribution is 5.85. The van der Waals surface area contributed by atoms with Crippen LogP contribution in [0.4, 0.5) is 0 Å². The van der Waals surface area contributed by atoms with Gasteiger partial charge in [0.1, 0.15) is 0 Å². The number of nitrogens with zero attached hydrogens (tertiary/aromatic N) is 1. The Hall–Kier alpha value is -1.13. The van der Waals surface area contributed by atoms with Crippen molar-refractivity contribution in [3.63, 3.8) is 0 Å². The number of pyridine rings is 1. The molecule has 1 amide bonds. The van der Waals surface area contributed by atoms with Crippen LogP contribution in [0, 0.1) is 0 Å². The molecule has 13 heavy (non-hydrogen) atoms. The number of hydrogen-bond donors (Lipinski definition) is 2. The second-order valence-electron chi connectivity index (χ2n) is 2.43. The van der Waals surface area contributed by atoms with Gasteiger partial charge in [-0.05, 0) is 11.6 Å². The molecule has 0 aliphatic carbocycles. The first-order chi connectivity index (χ1) is 5.79. The molecular weight excluding hydrogens is 190 g/mol. The lowest BCUT2D eigenvalue weighted by atomic mass is 10.3. The molecule has 1 rings (SSSR count). The van der Waals surface area contributed by atoms with E-state index >= 15 is 0 Å². The lowest BCUT2D eigenvalue weighted by Crippen LogP contribution is -2.28. The van der Waals surface area contributed by atoms with Gasteiger partial charge in [0, 0.05) is 18.9 Å².